The molecule has 0 radical (unpaired) electrons. The second kappa shape index (κ2) is 6.42. The van der Waals surface area contributed by atoms with Gasteiger partial charge in [0.1, 0.15) is 18.0 Å². The number of benzene rings is 2. The summed E-state index contributed by atoms with van der Waals surface area (Å²) in [6.45, 7) is -0.416. The molecule has 120 valence electrons. The molecule has 2 aromatic carbocycles. The van der Waals surface area contributed by atoms with Gasteiger partial charge >= 0.3 is 6.18 Å². The minimum atomic E-state index is -4.45. The molecule has 0 amide bonds. The first kappa shape index (κ1) is 16.4. The van der Waals surface area contributed by atoms with E-state index < -0.39 is 23.2 Å². The highest BCUT2D eigenvalue weighted by molar-refractivity contribution is 5.46. The molecule has 0 aliphatic rings. The quantitative estimate of drug-likeness (QED) is 0.454. The lowest BCUT2D eigenvalue weighted by molar-refractivity contribution is -0.385. The monoisotopic (exact) mass is 326 g/mol. The van der Waals surface area contributed by atoms with Crippen molar-refractivity contribution < 1.29 is 22.8 Å². The van der Waals surface area contributed by atoms with Crippen LogP contribution >= 0.6 is 0 Å². The molecule has 0 aliphatic carbocycles. The summed E-state index contributed by atoms with van der Waals surface area (Å²) in [5.74, 6) is 0.269. The number of hydrogen-bond acceptors (Lipinski definition) is 5. The lowest BCUT2D eigenvalue weighted by Gasteiger charge is -2.09. The molecule has 0 aromatic heterocycles. The molecule has 0 heterocycles. The molecule has 23 heavy (non-hydrogen) atoms. The lowest BCUT2D eigenvalue weighted by atomic mass is 10.1. The molecule has 0 N–H and O–H groups in total. The lowest BCUT2D eigenvalue weighted by Crippen LogP contribution is -2.04. The molecule has 2 rings (SSSR count). The van der Waals surface area contributed by atoms with Crippen LogP contribution in [0.1, 0.15) is 11.1 Å². The Balaban J connectivity index is 2.24. The third kappa shape index (κ3) is 4.02. The summed E-state index contributed by atoms with van der Waals surface area (Å²) >= 11 is 0. The van der Waals surface area contributed by atoms with Crippen molar-refractivity contribution in [2.75, 3.05) is 0 Å². The number of hydrogen-bond donors (Lipinski definition) is 0. The first-order valence-corrected chi connectivity index (χ1v) is 6.23. The van der Waals surface area contributed by atoms with Gasteiger partial charge in [0.2, 0.25) is 0 Å². The maximum absolute atomic E-state index is 12.5. The Kier molecular flexibility index (Phi) is 4.58. The second-order valence-electron chi connectivity index (χ2n) is 4.46. The van der Waals surface area contributed by atoms with Crippen LogP contribution in [0.5, 0.6) is 11.5 Å². The highest BCUT2D eigenvalue weighted by Gasteiger charge is 2.30. The van der Waals surface area contributed by atoms with E-state index in [9.17, 15) is 28.2 Å². The van der Waals surface area contributed by atoms with Crippen molar-refractivity contribution in [3.63, 3.8) is 0 Å². The predicted octanol–water partition coefficient (Wildman–Crippen LogP) is 4.67. The predicted molar refractivity (Wildman–Crippen MR) is 74.1 cm³/mol. The molecular weight excluding hydrogens is 317 g/mol. The number of nitro groups is 1. The minimum Gasteiger partial charge on any atom is -0.457 e. The molecule has 2 aromatic rings. The van der Waals surface area contributed by atoms with Gasteiger partial charge in [-0.2, -0.15) is 18.1 Å². The van der Waals surface area contributed by atoms with Crippen LogP contribution in [0.25, 0.3) is 0 Å². The topological polar surface area (TPSA) is 81.8 Å². The van der Waals surface area contributed by atoms with Crippen molar-refractivity contribution in [2.24, 2.45) is 5.18 Å². The smallest absolute Gasteiger partial charge is 0.416 e. The van der Waals surface area contributed by atoms with Gasteiger partial charge in [-0.15, -0.1) is 0 Å². The molecule has 6 nitrogen and oxygen atoms in total. The summed E-state index contributed by atoms with van der Waals surface area (Å²) in [6, 6.07) is 7.63. The number of rotatable bonds is 5. The molecule has 0 atom stereocenters. The van der Waals surface area contributed by atoms with Crippen molar-refractivity contribution in [1.29, 1.82) is 0 Å². The van der Waals surface area contributed by atoms with Crippen LogP contribution in [0.4, 0.5) is 18.9 Å². The van der Waals surface area contributed by atoms with Gasteiger partial charge in [-0.05, 0) is 36.4 Å². The van der Waals surface area contributed by atoms with Gasteiger partial charge in [0, 0.05) is 6.07 Å². The van der Waals surface area contributed by atoms with Crippen LogP contribution in [-0.4, -0.2) is 4.92 Å². The molecule has 0 fully saturated rings. The van der Waals surface area contributed by atoms with Crippen LogP contribution in [0.15, 0.2) is 47.6 Å². The first-order valence-electron chi connectivity index (χ1n) is 6.23. The molecular formula is C14H9F3N2O4. The Morgan fingerprint density at radius 2 is 1.70 bits per heavy atom. The molecule has 0 spiro atoms. The summed E-state index contributed by atoms with van der Waals surface area (Å²) < 4.78 is 42.7. The van der Waals surface area contributed by atoms with Crippen molar-refractivity contribution in [1.82, 2.24) is 0 Å². The van der Waals surface area contributed by atoms with Gasteiger partial charge in [-0.3, -0.25) is 10.1 Å². The number of halogens is 3. The molecule has 0 aliphatic heterocycles. The van der Waals surface area contributed by atoms with Gasteiger partial charge in [0.15, 0.2) is 0 Å². The van der Waals surface area contributed by atoms with E-state index in [1.807, 2.05) is 0 Å². The standard InChI is InChI=1S/C14H9F3N2O4/c15-14(16,17)10-1-3-11(4-2-10)23-12-5-6-13(19(21)22)9(7-12)8-18-20/h1-7H,8H2. The van der Waals surface area contributed by atoms with Gasteiger partial charge < -0.3 is 4.74 Å². The van der Waals surface area contributed by atoms with Gasteiger partial charge in [-0.25, -0.2) is 0 Å². The van der Waals surface area contributed by atoms with E-state index in [0.717, 1.165) is 30.3 Å². The zero-order valence-electron chi connectivity index (χ0n) is 11.4. The van der Waals surface area contributed by atoms with Crippen molar-refractivity contribution in [3.8, 4) is 11.5 Å². The van der Waals surface area contributed by atoms with Crippen molar-refractivity contribution in [2.45, 2.75) is 12.7 Å². The third-order valence-electron chi connectivity index (χ3n) is 2.90. The highest BCUT2D eigenvalue weighted by atomic mass is 19.4. The summed E-state index contributed by atoms with van der Waals surface area (Å²) in [7, 11) is 0. The fourth-order valence-corrected chi connectivity index (χ4v) is 1.85. The van der Waals surface area contributed by atoms with E-state index >= 15 is 0 Å². The Morgan fingerprint density at radius 1 is 1.09 bits per heavy atom. The van der Waals surface area contributed by atoms with E-state index in [-0.39, 0.29) is 22.7 Å². The van der Waals surface area contributed by atoms with Crippen LogP contribution < -0.4 is 4.74 Å². The normalized spacial score (nSPS) is 11.1. The fraction of sp³-hybridized carbons (Fsp3) is 0.143. The van der Waals surface area contributed by atoms with Crippen LogP contribution in [0.3, 0.4) is 0 Å². The Bertz CT molecular complexity index is 730. The van der Waals surface area contributed by atoms with E-state index in [4.69, 9.17) is 4.74 Å². The summed E-state index contributed by atoms with van der Waals surface area (Å²) in [6.07, 6.45) is -4.45. The average Bonchev–Trinajstić information content (AvgIpc) is 2.47. The minimum absolute atomic E-state index is 0.0504. The van der Waals surface area contributed by atoms with Crippen molar-refractivity contribution >= 4 is 5.69 Å². The third-order valence-corrected chi connectivity index (χ3v) is 2.90. The number of alkyl halides is 3. The Morgan fingerprint density at radius 3 is 2.22 bits per heavy atom. The maximum Gasteiger partial charge on any atom is 0.416 e. The second-order valence-corrected chi connectivity index (χ2v) is 4.46. The molecule has 0 saturated heterocycles. The summed E-state index contributed by atoms with van der Waals surface area (Å²) in [5, 5.41) is 13.4. The first-order chi connectivity index (χ1) is 10.8. The maximum atomic E-state index is 12.5. The molecule has 0 bridgehead atoms. The van der Waals surface area contributed by atoms with E-state index in [0.29, 0.717) is 0 Å². The Hall–Kier alpha value is -2.97. The van der Waals surface area contributed by atoms with Crippen LogP contribution in [0.2, 0.25) is 0 Å². The largest absolute Gasteiger partial charge is 0.457 e. The van der Waals surface area contributed by atoms with Gasteiger partial charge in [0.25, 0.3) is 5.69 Å². The zero-order valence-corrected chi connectivity index (χ0v) is 11.4. The van der Waals surface area contributed by atoms with E-state index in [1.165, 1.54) is 12.1 Å². The molecule has 0 unspecified atom stereocenters. The Labute approximate surface area is 127 Å². The number of ether oxygens (including phenoxy) is 1. The number of nitro benzene ring substituents is 1. The van der Waals surface area contributed by atoms with Gasteiger partial charge in [0.05, 0.1) is 16.1 Å². The zero-order chi connectivity index (χ0) is 17.0. The van der Waals surface area contributed by atoms with Crippen molar-refractivity contribution in [3.05, 3.63) is 68.6 Å². The van der Waals surface area contributed by atoms with Crippen LogP contribution in [-0.2, 0) is 12.7 Å². The highest BCUT2D eigenvalue weighted by Crippen LogP contribution is 2.32. The van der Waals surface area contributed by atoms with Gasteiger partial charge in [-0.1, -0.05) is 5.18 Å². The SMILES string of the molecule is O=NCc1cc(Oc2ccc(C(F)(F)F)cc2)ccc1[N+](=O)[O-]. The number of nitroso groups, excluding NO2 is 1. The molecule has 0 saturated carbocycles. The summed E-state index contributed by atoms with van der Waals surface area (Å²) in [5.41, 5.74) is -1.06. The van der Waals surface area contributed by atoms with E-state index in [1.54, 1.807) is 0 Å². The number of nitrogens with zero attached hydrogens (tertiary/aromatic N) is 2. The fourth-order valence-electron chi connectivity index (χ4n) is 1.85. The molecule has 9 heteroatoms. The average molecular weight is 326 g/mol. The van der Waals surface area contributed by atoms with Crippen LogP contribution in [0, 0.1) is 15.0 Å². The van der Waals surface area contributed by atoms with E-state index in [2.05, 4.69) is 5.18 Å². The summed E-state index contributed by atoms with van der Waals surface area (Å²) in [4.78, 5) is 20.5.